The molecule has 0 saturated heterocycles. The van der Waals surface area contributed by atoms with Crippen LogP contribution in [-0.2, 0) is 10.0 Å². The van der Waals surface area contributed by atoms with E-state index in [2.05, 4.69) is 14.9 Å². The summed E-state index contributed by atoms with van der Waals surface area (Å²) in [6.07, 6.45) is 0. The number of nitrogens with one attached hydrogen (secondary N) is 2. The quantitative estimate of drug-likeness (QED) is 0.907. The van der Waals surface area contributed by atoms with Gasteiger partial charge < -0.3 is 0 Å². The van der Waals surface area contributed by atoms with Gasteiger partial charge in [-0.2, -0.15) is 5.10 Å². The lowest BCUT2D eigenvalue weighted by Gasteiger charge is -2.06. The minimum atomic E-state index is -4.00. The van der Waals surface area contributed by atoms with Crippen LogP contribution in [0.4, 0.5) is 14.6 Å². The van der Waals surface area contributed by atoms with Crippen molar-refractivity contribution in [2.75, 3.05) is 4.72 Å². The molecule has 0 amide bonds. The van der Waals surface area contributed by atoms with E-state index in [1.807, 2.05) is 0 Å². The van der Waals surface area contributed by atoms with Crippen molar-refractivity contribution in [3.63, 3.8) is 0 Å². The van der Waals surface area contributed by atoms with Crippen LogP contribution in [0, 0.1) is 25.5 Å². The molecular formula is C11H11F2N3O2S. The molecule has 0 unspecified atom stereocenters. The van der Waals surface area contributed by atoms with Gasteiger partial charge in [-0.05, 0) is 32.0 Å². The van der Waals surface area contributed by atoms with Gasteiger partial charge in [0.05, 0.1) is 4.90 Å². The Bertz CT molecular complexity index is 726. The number of aromatic amines is 1. The summed E-state index contributed by atoms with van der Waals surface area (Å²) < 4.78 is 52.0. The number of nitrogens with zero attached hydrogens (tertiary/aromatic N) is 1. The SMILES string of the molecule is Cc1[nH]nc(NS(=O)(=O)c2ccc(F)c(F)c2)c1C. The van der Waals surface area contributed by atoms with Crippen LogP contribution in [-0.4, -0.2) is 18.6 Å². The maximum Gasteiger partial charge on any atom is 0.263 e. The van der Waals surface area contributed by atoms with E-state index in [4.69, 9.17) is 0 Å². The molecule has 0 aliphatic rings. The average Bonchev–Trinajstić information content (AvgIpc) is 2.64. The van der Waals surface area contributed by atoms with Gasteiger partial charge in [0.1, 0.15) is 0 Å². The van der Waals surface area contributed by atoms with Crippen molar-refractivity contribution in [3.05, 3.63) is 41.1 Å². The summed E-state index contributed by atoms with van der Waals surface area (Å²) in [4.78, 5) is -0.369. The van der Waals surface area contributed by atoms with Gasteiger partial charge in [-0.1, -0.05) is 0 Å². The highest BCUT2D eigenvalue weighted by molar-refractivity contribution is 7.92. The van der Waals surface area contributed by atoms with Crippen LogP contribution in [0.3, 0.4) is 0 Å². The predicted molar refractivity (Wildman–Crippen MR) is 65.2 cm³/mol. The topological polar surface area (TPSA) is 74.8 Å². The Balaban J connectivity index is 2.37. The number of aromatic nitrogens is 2. The highest BCUT2D eigenvalue weighted by Gasteiger charge is 2.19. The van der Waals surface area contributed by atoms with Crippen molar-refractivity contribution in [1.29, 1.82) is 0 Å². The zero-order chi connectivity index (χ0) is 14.2. The van der Waals surface area contributed by atoms with E-state index in [1.54, 1.807) is 13.8 Å². The number of anilines is 1. The molecule has 0 radical (unpaired) electrons. The fraction of sp³-hybridized carbons (Fsp3) is 0.182. The van der Waals surface area contributed by atoms with E-state index in [0.717, 1.165) is 12.1 Å². The van der Waals surface area contributed by atoms with Crippen molar-refractivity contribution >= 4 is 15.8 Å². The summed E-state index contributed by atoms with van der Waals surface area (Å²) in [5, 5.41) is 6.40. The Kier molecular flexibility index (Phi) is 3.27. The second-order valence-corrected chi connectivity index (χ2v) is 5.69. The summed E-state index contributed by atoms with van der Waals surface area (Å²) in [5.41, 5.74) is 1.34. The molecule has 8 heteroatoms. The number of halogens is 2. The molecule has 0 spiro atoms. The van der Waals surface area contributed by atoms with Crippen molar-refractivity contribution in [3.8, 4) is 0 Å². The zero-order valence-electron chi connectivity index (χ0n) is 10.2. The van der Waals surface area contributed by atoms with Crippen LogP contribution in [0.15, 0.2) is 23.1 Å². The van der Waals surface area contributed by atoms with E-state index in [-0.39, 0.29) is 10.7 Å². The first-order valence-corrected chi connectivity index (χ1v) is 6.79. The first-order chi connectivity index (χ1) is 8.81. The summed E-state index contributed by atoms with van der Waals surface area (Å²) in [6.45, 7) is 3.42. The normalized spacial score (nSPS) is 11.6. The number of benzene rings is 1. The van der Waals surface area contributed by atoms with Crippen molar-refractivity contribution in [2.24, 2.45) is 0 Å². The lowest BCUT2D eigenvalue weighted by molar-refractivity contribution is 0.504. The lowest BCUT2D eigenvalue weighted by Crippen LogP contribution is -2.14. The molecule has 0 fully saturated rings. The van der Waals surface area contributed by atoms with Gasteiger partial charge in [-0.15, -0.1) is 0 Å². The third kappa shape index (κ3) is 2.58. The molecule has 1 aromatic heterocycles. The molecule has 0 atom stereocenters. The van der Waals surface area contributed by atoms with Gasteiger partial charge in [0.2, 0.25) is 0 Å². The summed E-state index contributed by atoms with van der Waals surface area (Å²) >= 11 is 0. The molecular weight excluding hydrogens is 276 g/mol. The van der Waals surface area contributed by atoms with Gasteiger partial charge in [-0.3, -0.25) is 9.82 Å². The third-order valence-corrected chi connectivity index (χ3v) is 4.02. The summed E-state index contributed by atoms with van der Waals surface area (Å²) in [7, 11) is -4.00. The number of H-pyrrole nitrogens is 1. The van der Waals surface area contributed by atoms with Crippen LogP contribution >= 0.6 is 0 Å². The molecule has 2 N–H and O–H groups in total. The Labute approximate surface area is 108 Å². The highest BCUT2D eigenvalue weighted by atomic mass is 32.2. The fourth-order valence-corrected chi connectivity index (χ4v) is 2.49. The standard InChI is InChI=1S/C11H11F2N3O2S/c1-6-7(2)14-15-11(6)16-19(17,18)8-3-4-9(12)10(13)5-8/h3-5H,1-2H3,(H2,14,15,16). The van der Waals surface area contributed by atoms with E-state index >= 15 is 0 Å². The van der Waals surface area contributed by atoms with E-state index in [1.165, 1.54) is 0 Å². The second-order valence-electron chi connectivity index (χ2n) is 4.00. The van der Waals surface area contributed by atoms with Crippen molar-refractivity contribution < 1.29 is 17.2 Å². The first kappa shape index (κ1) is 13.5. The van der Waals surface area contributed by atoms with Gasteiger partial charge in [-0.25, -0.2) is 17.2 Å². The summed E-state index contributed by atoms with van der Waals surface area (Å²) in [5.74, 6) is -2.20. The number of hydrogen-bond donors (Lipinski definition) is 2. The van der Waals surface area contributed by atoms with Crippen LogP contribution in [0.5, 0.6) is 0 Å². The molecule has 102 valence electrons. The largest absolute Gasteiger partial charge is 0.280 e. The molecule has 19 heavy (non-hydrogen) atoms. The number of sulfonamides is 1. The Hall–Kier alpha value is -1.96. The van der Waals surface area contributed by atoms with Crippen LogP contribution in [0.25, 0.3) is 0 Å². The molecule has 2 aromatic rings. The van der Waals surface area contributed by atoms with Gasteiger partial charge in [0, 0.05) is 11.3 Å². The maximum atomic E-state index is 13.0. The van der Waals surface area contributed by atoms with E-state index in [9.17, 15) is 17.2 Å². The molecule has 0 aliphatic carbocycles. The number of rotatable bonds is 3. The smallest absolute Gasteiger partial charge is 0.263 e. The maximum absolute atomic E-state index is 13.0. The molecule has 5 nitrogen and oxygen atoms in total. The Morgan fingerprint density at radius 1 is 1.21 bits per heavy atom. The van der Waals surface area contributed by atoms with Gasteiger partial charge in [0.25, 0.3) is 10.0 Å². The first-order valence-electron chi connectivity index (χ1n) is 5.30. The molecule has 2 rings (SSSR count). The van der Waals surface area contributed by atoms with Crippen molar-refractivity contribution in [2.45, 2.75) is 18.7 Å². The molecule has 0 bridgehead atoms. The Morgan fingerprint density at radius 3 is 2.42 bits per heavy atom. The van der Waals surface area contributed by atoms with Crippen LogP contribution < -0.4 is 4.72 Å². The third-order valence-electron chi connectivity index (χ3n) is 2.69. The zero-order valence-corrected chi connectivity index (χ0v) is 11.0. The predicted octanol–water partition coefficient (Wildman–Crippen LogP) is 2.11. The number of hydrogen-bond acceptors (Lipinski definition) is 3. The van der Waals surface area contributed by atoms with Gasteiger partial charge in [0.15, 0.2) is 17.5 Å². The monoisotopic (exact) mass is 287 g/mol. The minimum absolute atomic E-state index is 0.127. The van der Waals surface area contributed by atoms with Crippen LogP contribution in [0.1, 0.15) is 11.3 Å². The van der Waals surface area contributed by atoms with E-state index < -0.39 is 21.7 Å². The highest BCUT2D eigenvalue weighted by Crippen LogP contribution is 2.20. The number of aryl methyl sites for hydroxylation is 1. The molecule has 1 aromatic carbocycles. The average molecular weight is 287 g/mol. The summed E-state index contributed by atoms with van der Waals surface area (Å²) in [6, 6.07) is 2.36. The van der Waals surface area contributed by atoms with Crippen molar-refractivity contribution in [1.82, 2.24) is 10.2 Å². The van der Waals surface area contributed by atoms with E-state index in [0.29, 0.717) is 17.3 Å². The molecule has 0 aliphatic heterocycles. The van der Waals surface area contributed by atoms with Crippen LogP contribution in [0.2, 0.25) is 0 Å². The lowest BCUT2D eigenvalue weighted by atomic mass is 10.3. The Morgan fingerprint density at radius 2 is 1.89 bits per heavy atom. The fourth-order valence-electron chi connectivity index (χ4n) is 1.41. The molecule has 0 saturated carbocycles. The minimum Gasteiger partial charge on any atom is -0.280 e. The second kappa shape index (κ2) is 4.61. The van der Waals surface area contributed by atoms with Gasteiger partial charge >= 0.3 is 0 Å². The molecule has 1 heterocycles.